The molecule has 5 nitrogen and oxygen atoms in total. The summed E-state index contributed by atoms with van der Waals surface area (Å²) in [5.41, 5.74) is 1.71. The monoisotopic (exact) mass is 396 g/mol. The molecule has 2 amide bonds. The van der Waals surface area contributed by atoms with Crippen molar-refractivity contribution < 1.29 is 18.7 Å². The molecule has 4 rings (SSSR count). The number of hydrogen-bond acceptors (Lipinski definition) is 3. The van der Waals surface area contributed by atoms with Crippen LogP contribution < -0.4 is 5.32 Å². The summed E-state index contributed by atoms with van der Waals surface area (Å²) in [6.45, 7) is 3.97. The molecule has 152 valence electrons. The summed E-state index contributed by atoms with van der Waals surface area (Å²) in [6, 6.07) is 13.4. The lowest BCUT2D eigenvalue weighted by Crippen LogP contribution is -2.42. The van der Waals surface area contributed by atoms with Crippen molar-refractivity contribution in [1.29, 1.82) is 0 Å². The Morgan fingerprint density at radius 3 is 2.62 bits per heavy atom. The highest BCUT2D eigenvalue weighted by Gasteiger charge is 2.51. The van der Waals surface area contributed by atoms with Crippen molar-refractivity contribution in [3.8, 4) is 0 Å². The van der Waals surface area contributed by atoms with Crippen LogP contribution in [0.2, 0.25) is 0 Å². The normalized spacial score (nSPS) is 20.6. The molecule has 2 heterocycles. The Hall–Kier alpha value is -2.73. The largest absolute Gasteiger partial charge is 0.381 e. The Labute approximate surface area is 169 Å². The predicted octanol–water partition coefficient (Wildman–Crippen LogP) is 3.64. The van der Waals surface area contributed by atoms with E-state index in [2.05, 4.69) is 5.32 Å². The summed E-state index contributed by atoms with van der Waals surface area (Å²) in [4.78, 5) is 28.1. The van der Waals surface area contributed by atoms with Gasteiger partial charge < -0.3 is 15.0 Å². The Bertz CT molecular complexity index is 924. The van der Waals surface area contributed by atoms with E-state index in [1.807, 2.05) is 31.2 Å². The number of hydrogen-bond donors (Lipinski definition) is 1. The average molecular weight is 396 g/mol. The number of carbonyl (C=O) groups excluding carboxylic acids is 2. The van der Waals surface area contributed by atoms with Gasteiger partial charge in [-0.2, -0.15) is 0 Å². The number of rotatable bonds is 3. The molecule has 6 heteroatoms. The fourth-order valence-corrected chi connectivity index (χ4v) is 4.55. The molecule has 2 aliphatic rings. The zero-order valence-electron chi connectivity index (χ0n) is 16.5. The molecular weight excluding hydrogens is 371 g/mol. The number of halogens is 1. The zero-order chi connectivity index (χ0) is 20.4. The van der Waals surface area contributed by atoms with Crippen LogP contribution in [0.1, 0.15) is 28.8 Å². The standard InChI is InChI=1S/C23H25FN2O3/c1-16-5-2-3-8-19(16)22(28)26-14-20(23(15-26)9-11-29-12-10-23)21(27)25-18-7-4-6-17(24)13-18/h2-8,13,20H,9-12,14-15H2,1H3,(H,25,27)/t20-/m0/s1. The van der Waals surface area contributed by atoms with E-state index in [-0.39, 0.29) is 23.1 Å². The second-order valence-electron chi connectivity index (χ2n) is 8.03. The maximum absolute atomic E-state index is 13.5. The van der Waals surface area contributed by atoms with E-state index in [4.69, 9.17) is 4.74 Å². The van der Waals surface area contributed by atoms with E-state index in [0.29, 0.717) is 37.6 Å². The molecule has 2 aromatic rings. The Morgan fingerprint density at radius 1 is 1.14 bits per heavy atom. The smallest absolute Gasteiger partial charge is 0.254 e. The van der Waals surface area contributed by atoms with Crippen molar-refractivity contribution in [3.05, 3.63) is 65.5 Å². The lowest BCUT2D eigenvalue weighted by Gasteiger charge is -2.37. The van der Waals surface area contributed by atoms with Crippen molar-refractivity contribution in [3.63, 3.8) is 0 Å². The highest BCUT2D eigenvalue weighted by molar-refractivity contribution is 5.98. The number of likely N-dealkylation sites (tertiary alicyclic amines) is 1. The van der Waals surface area contributed by atoms with Gasteiger partial charge in [-0.25, -0.2) is 4.39 Å². The Kier molecular flexibility index (Phi) is 5.37. The van der Waals surface area contributed by atoms with Gasteiger partial charge in [-0.15, -0.1) is 0 Å². The molecule has 0 bridgehead atoms. The highest BCUT2D eigenvalue weighted by Crippen LogP contribution is 2.45. The van der Waals surface area contributed by atoms with Crippen molar-refractivity contribution in [1.82, 2.24) is 4.90 Å². The summed E-state index contributed by atoms with van der Waals surface area (Å²) < 4.78 is 19.0. The summed E-state index contributed by atoms with van der Waals surface area (Å²) in [5.74, 6) is -0.971. The predicted molar refractivity (Wildman–Crippen MR) is 108 cm³/mol. The highest BCUT2D eigenvalue weighted by atomic mass is 19.1. The summed E-state index contributed by atoms with van der Waals surface area (Å²) in [7, 11) is 0. The fourth-order valence-electron chi connectivity index (χ4n) is 4.55. The van der Waals surface area contributed by atoms with Gasteiger partial charge in [0.05, 0.1) is 5.92 Å². The van der Waals surface area contributed by atoms with Crippen LogP contribution >= 0.6 is 0 Å². The number of benzene rings is 2. The van der Waals surface area contributed by atoms with Crippen LogP contribution in [0.4, 0.5) is 10.1 Å². The molecule has 2 aliphatic heterocycles. The van der Waals surface area contributed by atoms with E-state index in [1.165, 1.54) is 12.1 Å². The van der Waals surface area contributed by atoms with Gasteiger partial charge in [-0.05, 0) is 49.6 Å². The third-order valence-corrected chi connectivity index (χ3v) is 6.21. The maximum Gasteiger partial charge on any atom is 0.254 e. The third kappa shape index (κ3) is 3.90. The van der Waals surface area contributed by atoms with Gasteiger partial charge >= 0.3 is 0 Å². The number of amides is 2. The molecule has 1 spiro atoms. The molecule has 0 radical (unpaired) electrons. The first-order valence-electron chi connectivity index (χ1n) is 9.98. The van der Waals surface area contributed by atoms with Gasteiger partial charge in [0.1, 0.15) is 5.82 Å². The second kappa shape index (κ2) is 7.95. The summed E-state index contributed by atoms with van der Waals surface area (Å²) in [5, 5.41) is 2.85. The van der Waals surface area contributed by atoms with Gasteiger partial charge in [0, 0.05) is 43.0 Å². The van der Waals surface area contributed by atoms with E-state index in [1.54, 1.807) is 17.0 Å². The van der Waals surface area contributed by atoms with Gasteiger partial charge in [0.2, 0.25) is 5.91 Å². The number of nitrogens with one attached hydrogen (secondary N) is 1. The number of nitrogens with zero attached hydrogens (tertiary/aromatic N) is 1. The minimum Gasteiger partial charge on any atom is -0.381 e. The van der Waals surface area contributed by atoms with Gasteiger partial charge in [0.25, 0.3) is 5.91 Å². The van der Waals surface area contributed by atoms with Gasteiger partial charge in [-0.3, -0.25) is 9.59 Å². The van der Waals surface area contributed by atoms with Crippen LogP contribution in [-0.4, -0.2) is 43.0 Å². The van der Waals surface area contributed by atoms with Crippen LogP contribution in [0.3, 0.4) is 0 Å². The topological polar surface area (TPSA) is 58.6 Å². The molecule has 1 atom stereocenters. The van der Waals surface area contributed by atoms with E-state index >= 15 is 0 Å². The maximum atomic E-state index is 13.5. The van der Waals surface area contributed by atoms with Crippen molar-refractivity contribution >= 4 is 17.5 Å². The first-order chi connectivity index (χ1) is 14.0. The average Bonchev–Trinajstić information content (AvgIpc) is 3.07. The zero-order valence-corrected chi connectivity index (χ0v) is 16.5. The van der Waals surface area contributed by atoms with Crippen molar-refractivity contribution in [2.24, 2.45) is 11.3 Å². The first-order valence-corrected chi connectivity index (χ1v) is 9.98. The fraction of sp³-hybridized carbons (Fsp3) is 0.391. The van der Waals surface area contributed by atoms with Crippen LogP contribution in [0.15, 0.2) is 48.5 Å². The molecule has 29 heavy (non-hydrogen) atoms. The number of carbonyl (C=O) groups is 2. The molecule has 0 aliphatic carbocycles. The summed E-state index contributed by atoms with van der Waals surface area (Å²) in [6.07, 6.45) is 1.46. The lowest BCUT2D eigenvalue weighted by molar-refractivity contribution is -0.124. The van der Waals surface area contributed by atoms with Gasteiger partial charge in [0.15, 0.2) is 0 Å². The van der Waals surface area contributed by atoms with Crippen molar-refractivity contribution in [2.75, 3.05) is 31.6 Å². The van der Waals surface area contributed by atoms with Gasteiger partial charge in [-0.1, -0.05) is 24.3 Å². The third-order valence-electron chi connectivity index (χ3n) is 6.21. The quantitative estimate of drug-likeness (QED) is 0.862. The van der Waals surface area contributed by atoms with Crippen molar-refractivity contribution in [2.45, 2.75) is 19.8 Å². The Balaban J connectivity index is 1.58. The van der Waals surface area contributed by atoms with Crippen LogP contribution in [0, 0.1) is 24.1 Å². The van der Waals surface area contributed by atoms with E-state index < -0.39 is 5.82 Å². The first kappa shape index (κ1) is 19.6. The van der Waals surface area contributed by atoms with Crippen LogP contribution in [0.5, 0.6) is 0 Å². The SMILES string of the molecule is Cc1ccccc1C(=O)N1C[C@@H](C(=O)Nc2cccc(F)c2)C2(CCOCC2)C1. The van der Waals surface area contributed by atoms with Crippen LogP contribution in [-0.2, 0) is 9.53 Å². The molecular formula is C23H25FN2O3. The minimum atomic E-state index is -0.397. The molecule has 2 saturated heterocycles. The van der Waals surface area contributed by atoms with Crippen LogP contribution in [0.25, 0.3) is 0 Å². The minimum absolute atomic E-state index is 0.0463. The number of aryl methyl sites for hydroxylation is 1. The molecule has 0 unspecified atom stereocenters. The number of ether oxygens (including phenoxy) is 1. The second-order valence-corrected chi connectivity index (χ2v) is 8.03. The number of anilines is 1. The lowest BCUT2D eigenvalue weighted by atomic mass is 9.71. The molecule has 2 fully saturated rings. The molecule has 2 aromatic carbocycles. The summed E-state index contributed by atoms with van der Waals surface area (Å²) >= 11 is 0. The molecule has 1 N–H and O–H groups in total. The molecule has 0 saturated carbocycles. The Morgan fingerprint density at radius 2 is 1.90 bits per heavy atom. The molecule has 0 aromatic heterocycles. The van der Waals surface area contributed by atoms with E-state index in [0.717, 1.165) is 18.4 Å². The van der Waals surface area contributed by atoms with E-state index in [9.17, 15) is 14.0 Å².